The Kier molecular flexibility index (Phi) is 2.68. The van der Waals surface area contributed by atoms with Crippen molar-refractivity contribution in [3.05, 3.63) is 0 Å². The van der Waals surface area contributed by atoms with Crippen LogP contribution in [-0.2, 0) is 19.1 Å². The molecule has 2 unspecified atom stereocenters. The molecule has 1 fully saturated rings. The van der Waals surface area contributed by atoms with Crippen LogP contribution < -0.4 is 0 Å². The molecule has 0 aromatic carbocycles. The molecule has 1 rings (SSSR count). The van der Waals surface area contributed by atoms with Gasteiger partial charge in [-0.05, 0) is 6.92 Å². The number of carbonyl (C=O) groups is 2. The second-order valence-electron chi connectivity index (χ2n) is 2.78. The Morgan fingerprint density at radius 2 is 2.42 bits per heavy atom. The van der Waals surface area contributed by atoms with E-state index >= 15 is 0 Å². The molecule has 0 saturated carbocycles. The summed E-state index contributed by atoms with van der Waals surface area (Å²) in [6, 6.07) is 0. The molecule has 12 heavy (non-hydrogen) atoms. The number of carbonyl (C=O) groups excluding carboxylic acids is 2. The fourth-order valence-electron chi connectivity index (χ4n) is 1.13. The first-order valence-corrected chi connectivity index (χ1v) is 4.00. The Balaban J connectivity index is 2.53. The lowest BCUT2D eigenvalue weighted by Gasteiger charge is -2.08. The molecule has 2 atom stereocenters. The van der Waals surface area contributed by atoms with Crippen molar-refractivity contribution < 1.29 is 19.1 Å². The van der Waals surface area contributed by atoms with E-state index in [-0.39, 0.29) is 24.5 Å². The lowest BCUT2D eigenvalue weighted by Crippen LogP contribution is -2.23. The van der Waals surface area contributed by atoms with E-state index < -0.39 is 5.92 Å². The first kappa shape index (κ1) is 9.03. The molecule has 0 aromatic rings. The number of ether oxygens (including phenoxy) is 2. The second kappa shape index (κ2) is 3.56. The predicted molar refractivity (Wildman–Crippen MR) is 40.2 cm³/mol. The van der Waals surface area contributed by atoms with E-state index in [1.54, 1.807) is 13.8 Å². The molecule has 4 heteroatoms. The maximum atomic E-state index is 11.1. The van der Waals surface area contributed by atoms with Crippen LogP contribution in [0.25, 0.3) is 0 Å². The topological polar surface area (TPSA) is 52.6 Å². The minimum absolute atomic E-state index is 0.166. The normalized spacial score (nSPS) is 28.3. The van der Waals surface area contributed by atoms with Gasteiger partial charge in [-0.3, -0.25) is 9.59 Å². The highest BCUT2D eigenvalue weighted by molar-refractivity contribution is 5.84. The van der Waals surface area contributed by atoms with Crippen LogP contribution in [0.3, 0.4) is 0 Å². The quantitative estimate of drug-likeness (QED) is 0.564. The van der Waals surface area contributed by atoms with Gasteiger partial charge in [-0.15, -0.1) is 0 Å². The summed E-state index contributed by atoms with van der Waals surface area (Å²) in [6.45, 7) is 3.92. The van der Waals surface area contributed by atoms with E-state index in [0.717, 1.165) is 0 Å². The lowest BCUT2D eigenvalue weighted by atomic mass is 9.98. The minimum atomic E-state index is -0.405. The number of cyclic esters (lactones) is 1. The van der Waals surface area contributed by atoms with Gasteiger partial charge in [0.05, 0.1) is 12.5 Å². The molecule has 0 radical (unpaired) electrons. The van der Waals surface area contributed by atoms with Gasteiger partial charge >= 0.3 is 11.9 Å². The summed E-state index contributed by atoms with van der Waals surface area (Å²) in [5.74, 6) is -1.41. The maximum Gasteiger partial charge on any atom is 0.313 e. The molecule has 0 N–H and O–H groups in total. The number of hydrogen-bond acceptors (Lipinski definition) is 4. The lowest BCUT2D eigenvalue weighted by molar-refractivity contribution is -0.149. The van der Waals surface area contributed by atoms with Crippen molar-refractivity contribution >= 4 is 11.9 Å². The fourth-order valence-corrected chi connectivity index (χ4v) is 1.13. The molecular formula is C8H12O4. The summed E-state index contributed by atoms with van der Waals surface area (Å²) in [7, 11) is 0. The van der Waals surface area contributed by atoms with Gasteiger partial charge in [0, 0.05) is 0 Å². The van der Waals surface area contributed by atoms with Crippen molar-refractivity contribution in [2.45, 2.75) is 13.8 Å². The molecule has 0 aliphatic carbocycles. The number of hydrogen-bond donors (Lipinski definition) is 0. The zero-order valence-corrected chi connectivity index (χ0v) is 7.20. The highest BCUT2D eigenvalue weighted by Gasteiger charge is 2.39. The molecule has 0 spiro atoms. The molecule has 0 aromatic heterocycles. The SMILES string of the molecule is CCOC(=O)C1COC(=O)C1C. The maximum absolute atomic E-state index is 11.1. The van der Waals surface area contributed by atoms with Crippen molar-refractivity contribution in [3.8, 4) is 0 Å². The zero-order valence-electron chi connectivity index (χ0n) is 7.20. The standard InChI is InChI=1S/C8H12O4/c1-3-11-8(10)6-4-12-7(9)5(6)2/h5-6H,3-4H2,1-2H3. The molecule has 68 valence electrons. The van der Waals surface area contributed by atoms with Gasteiger partial charge in [0.15, 0.2) is 0 Å². The molecule has 4 nitrogen and oxygen atoms in total. The van der Waals surface area contributed by atoms with Crippen LogP contribution in [-0.4, -0.2) is 25.2 Å². The monoisotopic (exact) mass is 172 g/mol. The van der Waals surface area contributed by atoms with Crippen molar-refractivity contribution in [3.63, 3.8) is 0 Å². The molecule has 1 aliphatic heterocycles. The second-order valence-corrected chi connectivity index (χ2v) is 2.78. The molecule has 0 amide bonds. The van der Waals surface area contributed by atoms with Crippen molar-refractivity contribution in [2.24, 2.45) is 11.8 Å². The zero-order chi connectivity index (χ0) is 9.14. The van der Waals surface area contributed by atoms with Crippen LogP contribution in [0.2, 0.25) is 0 Å². The van der Waals surface area contributed by atoms with Gasteiger partial charge in [-0.25, -0.2) is 0 Å². The smallest absolute Gasteiger partial charge is 0.313 e. The summed E-state index contributed by atoms with van der Waals surface area (Å²) in [4.78, 5) is 22.0. The molecule has 0 bridgehead atoms. The van der Waals surface area contributed by atoms with E-state index in [0.29, 0.717) is 6.61 Å². The molecular weight excluding hydrogens is 160 g/mol. The summed E-state index contributed by atoms with van der Waals surface area (Å²) < 4.78 is 9.48. The number of esters is 2. The Bertz CT molecular complexity index is 199. The highest BCUT2D eigenvalue weighted by Crippen LogP contribution is 2.22. The van der Waals surface area contributed by atoms with E-state index in [1.807, 2.05) is 0 Å². The Morgan fingerprint density at radius 1 is 1.75 bits per heavy atom. The third kappa shape index (κ3) is 1.57. The Hall–Kier alpha value is -1.06. The minimum Gasteiger partial charge on any atom is -0.466 e. The van der Waals surface area contributed by atoms with Gasteiger partial charge < -0.3 is 9.47 Å². The summed E-state index contributed by atoms with van der Waals surface area (Å²) in [6.07, 6.45) is 0. The van der Waals surface area contributed by atoms with Crippen molar-refractivity contribution in [1.82, 2.24) is 0 Å². The van der Waals surface area contributed by atoms with Crippen LogP contribution >= 0.6 is 0 Å². The van der Waals surface area contributed by atoms with Gasteiger partial charge in [0.1, 0.15) is 12.5 Å². The first-order chi connectivity index (χ1) is 5.66. The largest absolute Gasteiger partial charge is 0.466 e. The van der Waals surface area contributed by atoms with Crippen LogP contribution in [0.1, 0.15) is 13.8 Å². The van der Waals surface area contributed by atoms with Crippen molar-refractivity contribution in [1.29, 1.82) is 0 Å². The highest BCUT2D eigenvalue weighted by atomic mass is 16.6. The third-order valence-corrected chi connectivity index (χ3v) is 1.97. The number of rotatable bonds is 2. The summed E-state index contributed by atoms with van der Waals surface area (Å²) in [5, 5.41) is 0. The van der Waals surface area contributed by atoms with E-state index in [4.69, 9.17) is 9.47 Å². The van der Waals surface area contributed by atoms with E-state index in [9.17, 15) is 9.59 Å². The fraction of sp³-hybridized carbons (Fsp3) is 0.750. The van der Waals surface area contributed by atoms with E-state index in [1.165, 1.54) is 0 Å². The average Bonchev–Trinajstić information content (AvgIpc) is 2.34. The van der Waals surface area contributed by atoms with Crippen LogP contribution in [0, 0.1) is 11.8 Å². The Morgan fingerprint density at radius 3 is 2.83 bits per heavy atom. The molecule has 1 saturated heterocycles. The van der Waals surface area contributed by atoms with Gasteiger partial charge in [-0.2, -0.15) is 0 Å². The van der Waals surface area contributed by atoms with Crippen LogP contribution in [0.5, 0.6) is 0 Å². The van der Waals surface area contributed by atoms with Gasteiger partial charge in [-0.1, -0.05) is 6.92 Å². The van der Waals surface area contributed by atoms with Crippen LogP contribution in [0.4, 0.5) is 0 Å². The van der Waals surface area contributed by atoms with Crippen molar-refractivity contribution in [2.75, 3.05) is 13.2 Å². The van der Waals surface area contributed by atoms with Gasteiger partial charge in [0.25, 0.3) is 0 Å². The first-order valence-electron chi connectivity index (χ1n) is 4.00. The summed E-state index contributed by atoms with van der Waals surface area (Å²) in [5.41, 5.74) is 0. The third-order valence-electron chi connectivity index (χ3n) is 1.97. The molecule has 1 aliphatic rings. The van der Waals surface area contributed by atoms with Crippen LogP contribution in [0.15, 0.2) is 0 Å². The average molecular weight is 172 g/mol. The predicted octanol–water partition coefficient (Wildman–Crippen LogP) is 0.359. The molecule has 1 heterocycles. The van der Waals surface area contributed by atoms with E-state index in [2.05, 4.69) is 0 Å². The summed E-state index contributed by atoms with van der Waals surface area (Å²) >= 11 is 0. The Labute approximate surface area is 70.8 Å². The van der Waals surface area contributed by atoms with Gasteiger partial charge in [0.2, 0.25) is 0 Å².